The van der Waals surface area contributed by atoms with Crippen LogP contribution < -0.4 is 4.74 Å². The molecule has 0 amide bonds. The van der Waals surface area contributed by atoms with E-state index >= 15 is 0 Å². The highest BCUT2D eigenvalue weighted by Gasteiger charge is 2.41. The summed E-state index contributed by atoms with van der Waals surface area (Å²) in [6, 6.07) is 9.36. The second-order valence-corrected chi connectivity index (χ2v) is 6.70. The zero-order chi connectivity index (χ0) is 18.5. The Kier molecular flexibility index (Phi) is 3.82. The Bertz CT molecular complexity index is 1020. The van der Waals surface area contributed by atoms with E-state index in [4.69, 9.17) is 19.0 Å². The Morgan fingerprint density at radius 1 is 1.19 bits per heavy atom. The van der Waals surface area contributed by atoms with Gasteiger partial charge in [0.2, 0.25) is 0 Å². The highest BCUT2D eigenvalue weighted by atomic mass is 19.1. The van der Waals surface area contributed by atoms with Crippen LogP contribution in [-0.2, 0) is 10.2 Å². The smallest absolute Gasteiger partial charge is 0.197 e. The van der Waals surface area contributed by atoms with E-state index in [2.05, 4.69) is 0 Å². The minimum absolute atomic E-state index is 0.0984. The Morgan fingerprint density at radius 3 is 2.77 bits per heavy atom. The minimum Gasteiger partial charge on any atom is -0.467 e. The summed E-state index contributed by atoms with van der Waals surface area (Å²) < 4.78 is 29.7. The van der Waals surface area contributed by atoms with Crippen LogP contribution in [-0.4, -0.2) is 24.5 Å². The molecular formula is C20H17FO5. The number of carbonyl (C=O) groups is 1. The van der Waals surface area contributed by atoms with Gasteiger partial charge in [-0.1, -0.05) is 0 Å². The number of aliphatic hydroxyl groups is 1. The molecule has 0 radical (unpaired) electrons. The lowest BCUT2D eigenvalue weighted by Gasteiger charge is -2.30. The van der Waals surface area contributed by atoms with E-state index in [0.29, 0.717) is 33.6 Å². The predicted molar refractivity (Wildman–Crippen MR) is 91.8 cm³/mol. The van der Waals surface area contributed by atoms with E-state index in [1.54, 1.807) is 24.3 Å². The van der Waals surface area contributed by atoms with Crippen molar-refractivity contribution in [1.82, 2.24) is 0 Å². The van der Waals surface area contributed by atoms with Crippen LogP contribution in [0.2, 0.25) is 0 Å². The third-order valence-electron chi connectivity index (χ3n) is 4.76. The predicted octanol–water partition coefficient (Wildman–Crippen LogP) is 3.74. The number of carbonyl (C=O) groups excluding carboxylic acids is 1. The number of hydrogen-bond acceptors (Lipinski definition) is 5. The number of aliphatic hydroxyl groups excluding tert-OH is 1. The Labute approximate surface area is 148 Å². The normalized spacial score (nSPS) is 15.0. The Balaban J connectivity index is 1.86. The fourth-order valence-corrected chi connectivity index (χ4v) is 3.47. The van der Waals surface area contributed by atoms with Crippen LogP contribution in [0.15, 0.2) is 40.8 Å². The monoisotopic (exact) mass is 356 g/mol. The van der Waals surface area contributed by atoms with Gasteiger partial charge in [0.25, 0.3) is 0 Å². The van der Waals surface area contributed by atoms with Gasteiger partial charge in [-0.2, -0.15) is 0 Å². The Hall–Kier alpha value is -2.70. The molecule has 1 aliphatic rings. The zero-order valence-electron chi connectivity index (χ0n) is 14.3. The average molecular weight is 356 g/mol. The van der Waals surface area contributed by atoms with Gasteiger partial charge < -0.3 is 19.0 Å². The van der Waals surface area contributed by atoms with Crippen molar-refractivity contribution in [2.45, 2.75) is 19.3 Å². The molecule has 0 saturated carbocycles. The van der Waals surface area contributed by atoms with Crippen LogP contribution in [0.5, 0.6) is 5.75 Å². The van der Waals surface area contributed by atoms with E-state index in [1.807, 2.05) is 13.8 Å². The first-order valence-corrected chi connectivity index (χ1v) is 8.16. The first-order valence-electron chi connectivity index (χ1n) is 8.16. The van der Waals surface area contributed by atoms with Gasteiger partial charge in [0.1, 0.15) is 29.7 Å². The first-order chi connectivity index (χ1) is 12.4. The lowest BCUT2D eigenvalue weighted by molar-refractivity contribution is -0.0653. The molecule has 0 atom stereocenters. The molecule has 0 spiro atoms. The minimum atomic E-state index is -0.606. The van der Waals surface area contributed by atoms with E-state index in [-0.39, 0.29) is 12.6 Å². The van der Waals surface area contributed by atoms with Crippen LogP contribution in [0.4, 0.5) is 4.39 Å². The standard InChI is InChI=1S/C20H17FO5/c1-20(2)15-8-12(25-10-24-9-22)4-6-13(15)18(23)17-14-5-3-11(21)7-16(14)26-19(17)20/h3-8,22H,9-10H2,1-2H3. The van der Waals surface area contributed by atoms with Gasteiger partial charge in [-0.25, -0.2) is 4.39 Å². The van der Waals surface area contributed by atoms with Gasteiger partial charge >= 0.3 is 0 Å². The van der Waals surface area contributed by atoms with Gasteiger partial charge in [0, 0.05) is 22.4 Å². The van der Waals surface area contributed by atoms with Crippen LogP contribution in [0, 0.1) is 5.82 Å². The maximum atomic E-state index is 13.6. The molecule has 134 valence electrons. The van der Waals surface area contributed by atoms with E-state index in [0.717, 1.165) is 5.56 Å². The lowest BCUT2D eigenvalue weighted by Crippen LogP contribution is -2.29. The summed E-state index contributed by atoms with van der Waals surface area (Å²) in [5, 5.41) is 9.28. The van der Waals surface area contributed by atoms with Crippen molar-refractivity contribution >= 4 is 16.8 Å². The van der Waals surface area contributed by atoms with E-state index in [9.17, 15) is 9.18 Å². The van der Waals surface area contributed by atoms with Gasteiger partial charge in [-0.05, 0) is 49.7 Å². The molecule has 0 fully saturated rings. The summed E-state index contributed by atoms with van der Waals surface area (Å²) in [6.45, 7) is 3.36. The lowest BCUT2D eigenvalue weighted by atomic mass is 9.72. The molecule has 1 aliphatic carbocycles. The maximum absolute atomic E-state index is 13.6. The Morgan fingerprint density at radius 2 is 2.00 bits per heavy atom. The van der Waals surface area contributed by atoms with Crippen LogP contribution in [0.3, 0.4) is 0 Å². The highest BCUT2D eigenvalue weighted by molar-refractivity contribution is 6.19. The first kappa shape index (κ1) is 16.8. The van der Waals surface area contributed by atoms with Crippen molar-refractivity contribution < 1.29 is 28.2 Å². The third kappa shape index (κ3) is 2.41. The van der Waals surface area contributed by atoms with Crippen LogP contribution in [0.1, 0.15) is 41.1 Å². The molecular weight excluding hydrogens is 339 g/mol. The molecule has 5 nitrogen and oxygen atoms in total. The van der Waals surface area contributed by atoms with Gasteiger partial charge in [-0.15, -0.1) is 0 Å². The summed E-state index contributed by atoms with van der Waals surface area (Å²) >= 11 is 0. The number of rotatable bonds is 4. The van der Waals surface area contributed by atoms with Crippen molar-refractivity contribution in [3.05, 3.63) is 64.7 Å². The second-order valence-electron chi connectivity index (χ2n) is 6.70. The molecule has 1 N–H and O–H groups in total. The zero-order valence-corrected chi connectivity index (χ0v) is 14.3. The molecule has 0 saturated heterocycles. The summed E-state index contributed by atoms with van der Waals surface area (Å²) in [5.41, 5.74) is 1.55. The third-order valence-corrected chi connectivity index (χ3v) is 4.76. The van der Waals surface area contributed by atoms with Crippen molar-refractivity contribution in [2.24, 2.45) is 0 Å². The number of benzene rings is 2. The largest absolute Gasteiger partial charge is 0.467 e. The number of fused-ring (bicyclic) bond motifs is 4. The number of ether oxygens (including phenoxy) is 2. The van der Waals surface area contributed by atoms with Crippen molar-refractivity contribution in [1.29, 1.82) is 0 Å². The summed E-state index contributed by atoms with van der Waals surface area (Å²) in [5.74, 6) is 0.465. The topological polar surface area (TPSA) is 68.9 Å². The van der Waals surface area contributed by atoms with Crippen LogP contribution >= 0.6 is 0 Å². The number of halogens is 1. The summed E-state index contributed by atoms with van der Waals surface area (Å²) in [7, 11) is 0. The van der Waals surface area contributed by atoms with Gasteiger partial charge in [0.15, 0.2) is 12.6 Å². The van der Waals surface area contributed by atoms with E-state index in [1.165, 1.54) is 12.1 Å². The fourth-order valence-electron chi connectivity index (χ4n) is 3.47. The number of hydrogen-bond donors (Lipinski definition) is 1. The quantitative estimate of drug-likeness (QED) is 0.570. The van der Waals surface area contributed by atoms with E-state index < -0.39 is 18.0 Å². The van der Waals surface area contributed by atoms with Gasteiger partial charge in [-0.3, -0.25) is 4.79 Å². The molecule has 4 rings (SSSR count). The molecule has 0 aliphatic heterocycles. The molecule has 0 bridgehead atoms. The molecule has 3 aromatic rings. The van der Waals surface area contributed by atoms with Crippen LogP contribution in [0.25, 0.3) is 11.0 Å². The summed E-state index contributed by atoms with van der Waals surface area (Å²) in [4.78, 5) is 13.1. The maximum Gasteiger partial charge on any atom is 0.197 e. The number of furan rings is 1. The van der Waals surface area contributed by atoms with Crippen molar-refractivity contribution in [3.63, 3.8) is 0 Å². The highest BCUT2D eigenvalue weighted by Crippen LogP contribution is 2.46. The molecule has 1 heterocycles. The summed E-state index contributed by atoms with van der Waals surface area (Å²) in [6.07, 6.45) is 0. The average Bonchev–Trinajstić information content (AvgIpc) is 3.00. The molecule has 6 heteroatoms. The fraction of sp³-hybridized carbons (Fsp3) is 0.250. The number of ketones is 1. The molecule has 26 heavy (non-hydrogen) atoms. The second kappa shape index (κ2) is 5.93. The molecule has 1 aromatic heterocycles. The van der Waals surface area contributed by atoms with Crippen molar-refractivity contribution in [2.75, 3.05) is 13.6 Å². The van der Waals surface area contributed by atoms with Crippen molar-refractivity contribution in [3.8, 4) is 5.75 Å². The molecule has 0 unspecified atom stereocenters. The molecule has 2 aromatic carbocycles. The SMILES string of the molecule is CC1(C)c2cc(OCOCO)ccc2C(=O)c2c1oc1cc(F)ccc21. The van der Waals surface area contributed by atoms with Gasteiger partial charge in [0.05, 0.1) is 5.56 Å².